The molecule has 0 spiro atoms. The molecular formula is C19H23N7O2. The zero-order chi connectivity index (χ0) is 19.5. The van der Waals surface area contributed by atoms with Crippen LogP contribution in [0.15, 0.2) is 49.1 Å². The van der Waals surface area contributed by atoms with Crippen LogP contribution in [0.1, 0.15) is 6.42 Å². The largest absolute Gasteiger partial charge is 0.439 e. The molecule has 0 saturated carbocycles. The van der Waals surface area contributed by atoms with E-state index in [1.165, 1.54) is 6.33 Å². The summed E-state index contributed by atoms with van der Waals surface area (Å²) in [7, 11) is 4.06. The summed E-state index contributed by atoms with van der Waals surface area (Å²) in [6.45, 7) is 1.41. The molecule has 3 aromatic rings. The summed E-state index contributed by atoms with van der Waals surface area (Å²) in [5.41, 5.74) is 0.894. The van der Waals surface area contributed by atoms with Crippen LogP contribution in [0, 0.1) is 0 Å². The number of β-amino-alcohol motifs (C(OH)–C–C–N with tert-alkyl or cyclic N) is 1. The smallest absolute Gasteiger partial charge is 0.224 e. The fourth-order valence-electron chi connectivity index (χ4n) is 3.44. The Balaban J connectivity index is 1.49. The van der Waals surface area contributed by atoms with Gasteiger partial charge in [0.1, 0.15) is 17.9 Å². The molecule has 2 aromatic heterocycles. The molecule has 1 saturated heterocycles. The van der Waals surface area contributed by atoms with Crippen molar-refractivity contribution in [2.24, 2.45) is 0 Å². The molecule has 0 bridgehead atoms. The van der Waals surface area contributed by atoms with Crippen LogP contribution < -0.4 is 9.64 Å². The third-order valence-corrected chi connectivity index (χ3v) is 4.64. The third-order valence-electron chi connectivity index (χ3n) is 4.64. The number of rotatable bonds is 6. The Bertz CT molecular complexity index is 899. The molecule has 3 heterocycles. The topological polar surface area (TPSA) is 92.4 Å². The van der Waals surface area contributed by atoms with E-state index in [1.54, 1.807) is 17.1 Å². The molecule has 0 unspecified atom stereocenters. The lowest BCUT2D eigenvalue weighted by Crippen LogP contribution is -2.38. The first-order valence-corrected chi connectivity index (χ1v) is 9.14. The van der Waals surface area contributed by atoms with Crippen molar-refractivity contribution in [2.45, 2.75) is 18.6 Å². The number of anilines is 1. The molecule has 0 radical (unpaired) electrons. The van der Waals surface area contributed by atoms with Gasteiger partial charge >= 0.3 is 0 Å². The van der Waals surface area contributed by atoms with Gasteiger partial charge in [-0.1, -0.05) is 5.21 Å². The summed E-state index contributed by atoms with van der Waals surface area (Å²) >= 11 is 0. The van der Waals surface area contributed by atoms with Gasteiger partial charge in [0.25, 0.3) is 0 Å². The van der Waals surface area contributed by atoms with E-state index >= 15 is 0 Å². The Morgan fingerprint density at radius 3 is 2.75 bits per heavy atom. The molecule has 9 heteroatoms. The summed E-state index contributed by atoms with van der Waals surface area (Å²) < 4.78 is 7.57. The lowest BCUT2D eigenvalue weighted by molar-refractivity contribution is 0.191. The van der Waals surface area contributed by atoms with Crippen molar-refractivity contribution >= 4 is 5.82 Å². The number of aliphatic hydroxyl groups excluding tert-OH is 1. The maximum atomic E-state index is 10.1. The van der Waals surface area contributed by atoms with Gasteiger partial charge in [-0.2, -0.15) is 0 Å². The molecule has 0 aliphatic carbocycles. The van der Waals surface area contributed by atoms with E-state index in [9.17, 15) is 5.11 Å². The molecule has 2 atom stereocenters. The first-order chi connectivity index (χ1) is 13.6. The summed E-state index contributed by atoms with van der Waals surface area (Å²) in [5.74, 6) is 1.89. The molecule has 1 aromatic carbocycles. The van der Waals surface area contributed by atoms with E-state index in [-0.39, 0.29) is 12.1 Å². The molecule has 0 amide bonds. The number of aromatic nitrogens is 5. The maximum Gasteiger partial charge on any atom is 0.224 e. The Morgan fingerprint density at radius 1 is 1.21 bits per heavy atom. The number of nitrogens with zero attached hydrogens (tertiary/aromatic N) is 7. The van der Waals surface area contributed by atoms with Crippen molar-refractivity contribution < 1.29 is 9.84 Å². The molecular weight excluding hydrogens is 358 g/mol. The van der Waals surface area contributed by atoms with Gasteiger partial charge in [0.05, 0.1) is 24.2 Å². The van der Waals surface area contributed by atoms with E-state index < -0.39 is 0 Å². The van der Waals surface area contributed by atoms with Crippen LogP contribution in [0.2, 0.25) is 0 Å². The summed E-state index contributed by atoms with van der Waals surface area (Å²) in [6, 6.07) is 9.52. The summed E-state index contributed by atoms with van der Waals surface area (Å²) in [4.78, 5) is 12.8. The van der Waals surface area contributed by atoms with E-state index in [1.807, 2.05) is 44.4 Å². The number of hydrogen-bond donors (Lipinski definition) is 1. The number of hydrogen-bond acceptors (Lipinski definition) is 8. The number of ether oxygens (including phenoxy) is 1. The molecule has 1 aliphatic rings. The Hall–Kier alpha value is -3.04. The van der Waals surface area contributed by atoms with E-state index in [0.29, 0.717) is 18.2 Å². The minimum absolute atomic E-state index is 0.203. The highest BCUT2D eigenvalue weighted by molar-refractivity contribution is 5.45. The average molecular weight is 381 g/mol. The lowest BCUT2D eigenvalue weighted by Gasteiger charge is -2.27. The molecule has 146 valence electrons. The molecule has 1 N–H and O–H groups in total. The maximum absolute atomic E-state index is 10.1. The van der Waals surface area contributed by atoms with Gasteiger partial charge < -0.3 is 19.6 Å². The average Bonchev–Trinajstić information content (AvgIpc) is 3.32. The molecule has 9 nitrogen and oxygen atoms in total. The van der Waals surface area contributed by atoms with Gasteiger partial charge in [0.2, 0.25) is 5.88 Å². The fourth-order valence-corrected chi connectivity index (χ4v) is 3.44. The van der Waals surface area contributed by atoms with Crippen LogP contribution in [-0.2, 0) is 0 Å². The summed E-state index contributed by atoms with van der Waals surface area (Å²) in [6.07, 6.45) is 5.27. The second kappa shape index (κ2) is 7.91. The molecule has 1 aliphatic heterocycles. The lowest BCUT2D eigenvalue weighted by atomic mass is 10.2. The van der Waals surface area contributed by atoms with Crippen LogP contribution >= 0.6 is 0 Å². The number of aliphatic hydroxyl groups is 1. The van der Waals surface area contributed by atoms with Gasteiger partial charge in [0.15, 0.2) is 0 Å². The minimum atomic E-state index is -0.353. The number of likely N-dealkylation sites (N-methyl/N-ethyl adjacent to an activating group) is 1. The van der Waals surface area contributed by atoms with E-state index in [0.717, 1.165) is 24.5 Å². The normalized spacial score (nSPS) is 19.4. The summed E-state index contributed by atoms with van der Waals surface area (Å²) in [5, 5.41) is 17.9. The van der Waals surface area contributed by atoms with E-state index in [2.05, 4.69) is 30.1 Å². The van der Waals surface area contributed by atoms with Crippen LogP contribution in [-0.4, -0.2) is 74.3 Å². The second-order valence-electron chi connectivity index (χ2n) is 7.12. The van der Waals surface area contributed by atoms with Crippen LogP contribution in [0.25, 0.3) is 5.69 Å². The molecule has 28 heavy (non-hydrogen) atoms. The van der Waals surface area contributed by atoms with Crippen molar-refractivity contribution in [1.82, 2.24) is 29.9 Å². The van der Waals surface area contributed by atoms with Gasteiger partial charge in [0, 0.05) is 25.2 Å². The van der Waals surface area contributed by atoms with Crippen LogP contribution in [0.3, 0.4) is 0 Å². The van der Waals surface area contributed by atoms with Crippen molar-refractivity contribution in [3.05, 3.63) is 49.1 Å². The van der Waals surface area contributed by atoms with E-state index in [4.69, 9.17) is 4.74 Å². The van der Waals surface area contributed by atoms with Crippen molar-refractivity contribution in [3.63, 3.8) is 0 Å². The van der Waals surface area contributed by atoms with Gasteiger partial charge in [-0.05, 0) is 44.8 Å². The zero-order valence-corrected chi connectivity index (χ0v) is 15.9. The Kier molecular flexibility index (Phi) is 5.18. The monoisotopic (exact) mass is 381 g/mol. The fraction of sp³-hybridized carbons (Fsp3) is 0.368. The van der Waals surface area contributed by atoms with Crippen molar-refractivity contribution in [3.8, 4) is 17.3 Å². The quantitative estimate of drug-likeness (QED) is 0.684. The van der Waals surface area contributed by atoms with Crippen LogP contribution in [0.4, 0.5) is 5.82 Å². The van der Waals surface area contributed by atoms with Crippen molar-refractivity contribution in [1.29, 1.82) is 0 Å². The highest BCUT2D eigenvalue weighted by Crippen LogP contribution is 2.28. The standard InChI is InChI=1S/C19H23N7O2/c1-24(2)11-15-9-16(27)12-25(15)18-10-19(21-13-20-18)28-17-5-3-14(4-6-17)26-8-7-22-23-26/h3-8,10,13,15-16,27H,9,11-12H2,1-2H3/t15-,16-/m1/s1. The van der Waals surface area contributed by atoms with Gasteiger partial charge in [-0.25, -0.2) is 14.6 Å². The third kappa shape index (κ3) is 4.10. The second-order valence-corrected chi connectivity index (χ2v) is 7.12. The zero-order valence-electron chi connectivity index (χ0n) is 15.9. The minimum Gasteiger partial charge on any atom is -0.439 e. The molecule has 1 fully saturated rings. The predicted molar refractivity (Wildman–Crippen MR) is 104 cm³/mol. The Labute approximate surface area is 163 Å². The highest BCUT2D eigenvalue weighted by atomic mass is 16.5. The predicted octanol–water partition coefficient (Wildman–Crippen LogP) is 1.35. The van der Waals surface area contributed by atoms with Crippen molar-refractivity contribution in [2.75, 3.05) is 32.1 Å². The highest BCUT2D eigenvalue weighted by Gasteiger charge is 2.32. The first-order valence-electron chi connectivity index (χ1n) is 9.14. The number of benzene rings is 1. The van der Waals surface area contributed by atoms with Gasteiger partial charge in [-0.3, -0.25) is 0 Å². The SMILES string of the molecule is CN(C)C[C@H]1C[C@@H](O)CN1c1cc(Oc2ccc(-n3ccnn3)cc2)ncn1. The van der Waals surface area contributed by atoms with Gasteiger partial charge in [-0.15, -0.1) is 5.10 Å². The Morgan fingerprint density at radius 2 is 2.04 bits per heavy atom. The molecule has 4 rings (SSSR count). The van der Waals surface area contributed by atoms with Crippen LogP contribution in [0.5, 0.6) is 11.6 Å². The first kappa shape index (κ1) is 18.3.